The number of rotatable bonds is 1. The molecular weight excluding hydrogens is 417 g/mol. The lowest BCUT2D eigenvalue weighted by molar-refractivity contribution is 0.0511. The fourth-order valence-corrected chi connectivity index (χ4v) is 4.01. The highest BCUT2D eigenvalue weighted by atomic mass is 79.9. The number of hydrogen-bond acceptors (Lipinski definition) is 2. The van der Waals surface area contributed by atoms with E-state index in [1.165, 1.54) is 0 Å². The van der Waals surface area contributed by atoms with Crippen molar-refractivity contribution in [1.82, 2.24) is 0 Å². The van der Waals surface area contributed by atoms with Crippen molar-refractivity contribution < 1.29 is 4.74 Å². The molecule has 110 valence electrons. The first-order valence-electron chi connectivity index (χ1n) is 6.59. The highest BCUT2D eigenvalue weighted by Gasteiger charge is 2.38. The first kappa shape index (κ1) is 15.3. The summed E-state index contributed by atoms with van der Waals surface area (Å²) in [7, 11) is 0. The van der Waals surface area contributed by atoms with Gasteiger partial charge >= 0.3 is 0 Å². The quantitative estimate of drug-likeness (QED) is 0.641. The van der Waals surface area contributed by atoms with Crippen LogP contribution in [0, 0.1) is 0 Å². The van der Waals surface area contributed by atoms with E-state index >= 15 is 0 Å². The molecule has 2 atom stereocenters. The molecule has 0 amide bonds. The molecule has 0 saturated heterocycles. The molecule has 3 rings (SSSR count). The number of ether oxygens (including phenoxy) is 1. The summed E-state index contributed by atoms with van der Waals surface area (Å²) in [5.74, 6) is 0.810. The van der Waals surface area contributed by atoms with Crippen molar-refractivity contribution in [2.24, 2.45) is 5.73 Å². The minimum atomic E-state index is -0.537. The molecule has 0 bridgehead atoms. The first-order chi connectivity index (χ1) is 9.89. The lowest BCUT2D eigenvalue weighted by Crippen LogP contribution is -2.38. The summed E-state index contributed by atoms with van der Waals surface area (Å²) >= 11 is 13.3. The fraction of sp³-hybridized carbons (Fsp3) is 0.250. The molecule has 0 aromatic heterocycles. The third-order valence-corrected chi connectivity index (χ3v) is 5.12. The van der Waals surface area contributed by atoms with E-state index in [4.69, 9.17) is 22.1 Å². The van der Waals surface area contributed by atoms with Crippen LogP contribution in [0.3, 0.4) is 0 Å². The van der Waals surface area contributed by atoms with Crippen LogP contribution in [0.15, 0.2) is 45.3 Å². The third-order valence-electron chi connectivity index (χ3n) is 3.82. The van der Waals surface area contributed by atoms with Gasteiger partial charge in [-0.1, -0.05) is 55.6 Å². The van der Waals surface area contributed by atoms with Crippen molar-refractivity contribution >= 4 is 43.5 Å². The molecule has 0 fully saturated rings. The summed E-state index contributed by atoms with van der Waals surface area (Å²) in [4.78, 5) is 0. The van der Waals surface area contributed by atoms with Crippen LogP contribution in [0.25, 0.3) is 0 Å². The van der Waals surface area contributed by atoms with E-state index in [9.17, 15) is 0 Å². The van der Waals surface area contributed by atoms with Gasteiger partial charge in [-0.25, -0.2) is 0 Å². The Morgan fingerprint density at radius 3 is 2.57 bits per heavy atom. The average molecular weight is 432 g/mol. The Labute approximate surface area is 145 Å². The molecule has 2 aromatic rings. The SMILES string of the molecule is CC1(c2ccc(Br)cc2Cl)CC(N)c2ccc(Br)cc2O1. The minimum absolute atomic E-state index is 0.0773. The highest BCUT2D eigenvalue weighted by molar-refractivity contribution is 9.10. The number of hydrogen-bond donors (Lipinski definition) is 1. The summed E-state index contributed by atoms with van der Waals surface area (Å²) < 4.78 is 8.19. The predicted molar refractivity (Wildman–Crippen MR) is 92.8 cm³/mol. The maximum Gasteiger partial charge on any atom is 0.134 e. The third kappa shape index (κ3) is 2.87. The molecule has 0 saturated carbocycles. The molecule has 0 aliphatic carbocycles. The van der Waals surface area contributed by atoms with Gasteiger partial charge in [0.2, 0.25) is 0 Å². The first-order valence-corrected chi connectivity index (χ1v) is 8.55. The Hall–Kier alpha value is -0.550. The molecule has 0 radical (unpaired) electrons. The number of halogens is 3. The molecule has 1 aliphatic heterocycles. The molecule has 1 aliphatic rings. The van der Waals surface area contributed by atoms with Crippen molar-refractivity contribution in [2.45, 2.75) is 25.0 Å². The van der Waals surface area contributed by atoms with Crippen LogP contribution in [0.1, 0.15) is 30.5 Å². The molecule has 1 heterocycles. The van der Waals surface area contributed by atoms with Gasteiger partial charge < -0.3 is 10.5 Å². The van der Waals surface area contributed by atoms with E-state index in [0.29, 0.717) is 11.4 Å². The zero-order valence-corrected chi connectivity index (χ0v) is 15.3. The van der Waals surface area contributed by atoms with E-state index < -0.39 is 5.60 Å². The van der Waals surface area contributed by atoms with E-state index in [0.717, 1.165) is 25.8 Å². The largest absolute Gasteiger partial charge is 0.482 e. The molecule has 2 nitrogen and oxygen atoms in total. The van der Waals surface area contributed by atoms with Crippen molar-refractivity contribution in [3.05, 3.63) is 61.5 Å². The molecule has 5 heteroatoms. The van der Waals surface area contributed by atoms with Crippen LogP contribution in [-0.4, -0.2) is 0 Å². The molecule has 2 aromatic carbocycles. The van der Waals surface area contributed by atoms with Crippen LogP contribution in [-0.2, 0) is 5.60 Å². The Balaban J connectivity index is 2.07. The molecule has 0 spiro atoms. The maximum absolute atomic E-state index is 6.40. The van der Waals surface area contributed by atoms with Crippen LogP contribution < -0.4 is 10.5 Å². The second kappa shape index (κ2) is 5.58. The van der Waals surface area contributed by atoms with Gasteiger partial charge in [-0.05, 0) is 31.2 Å². The smallest absolute Gasteiger partial charge is 0.134 e. The maximum atomic E-state index is 6.40. The topological polar surface area (TPSA) is 35.2 Å². The van der Waals surface area contributed by atoms with Gasteiger partial charge in [-0.15, -0.1) is 0 Å². The van der Waals surface area contributed by atoms with Gasteiger partial charge in [0, 0.05) is 37.6 Å². The van der Waals surface area contributed by atoms with Gasteiger partial charge in [0.25, 0.3) is 0 Å². The second-order valence-electron chi connectivity index (χ2n) is 5.45. The van der Waals surface area contributed by atoms with Gasteiger partial charge in [-0.3, -0.25) is 0 Å². The van der Waals surface area contributed by atoms with E-state index in [1.54, 1.807) is 0 Å². The minimum Gasteiger partial charge on any atom is -0.482 e. The van der Waals surface area contributed by atoms with Gasteiger partial charge in [0.15, 0.2) is 0 Å². The highest BCUT2D eigenvalue weighted by Crippen LogP contribution is 2.46. The lowest BCUT2D eigenvalue weighted by Gasteiger charge is -2.39. The fourth-order valence-electron chi connectivity index (χ4n) is 2.80. The summed E-state index contributed by atoms with van der Waals surface area (Å²) in [6.07, 6.45) is 0.684. The summed E-state index contributed by atoms with van der Waals surface area (Å²) in [6, 6.07) is 11.7. The lowest BCUT2D eigenvalue weighted by atomic mass is 9.84. The zero-order chi connectivity index (χ0) is 15.2. The van der Waals surface area contributed by atoms with Gasteiger partial charge in [0.05, 0.1) is 0 Å². The second-order valence-corrected chi connectivity index (χ2v) is 7.69. The van der Waals surface area contributed by atoms with E-state index in [2.05, 4.69) is 31.9 Å². The molecular formula is C16H14Br2ClNO. The normalized spacial score (nSPS) is 24.3. The number of fused-ring (bicyclic) bond motifs is 1. The Bertz CT molecular complexity index is 707. The average Bonchev–Trinajstić information content (AvgIpc) is 2.37. The summed E-state index contributed by atoms with van der Waals surface area (Å²) in [5.41, 5.74) is 7.79. The van der Waals surface area contributed by atoms with Gasteiger partial charge in [-0.2, -0.15) is 0 Å². The molecule has 21 heavy (non-hydrogen) atoms. The zero-order valence-electron chi connectivity index (χ0n) is 11.4. The van der Waals surface area contributed by atoms with E-state index in [-0.39, 0.29) is 6.04 Å². The Morgan fingerprint density at radius 1 is 1.19 bits per heavy atom. The van der Waals surface area contributed by atoms with Crippen LogP contribution in [0.5, 0.6) is 5.75 Å². The molecule has 2 N–H and O–H groups in total. The summed E-state index contributed by atoms with van der Waals surface area (Å²) in [5, 5.41) is 0.678. The monoisotopic (exact) mass is 429 g/mol. The van der Waals surface area contributed by atoms with Crippen molar-refractivity contribution in [1.29, 1.82) is 0 Å². The van der Waals surface area contributed by atoms with Crippen LogP contribution in [0.4, 0.5) is 0 Å². The number of nitrogens with two attached hydrogens (primary N) is 1. The summed E-state index contributed by atoms with van der Waals surface area (Å²) in [6.45, 7) is 2.03. The van der Waals surface area contributed by atoms with Crippen molar-refractivity contribution in [3.8, 4) is 5.75 Å². The van der Waals surface area contributed by atoms with Crippen LogP contribution in [0.2, 0.25) is 5.02 Å². The Morgan fingerprint density at radius 2 is 1.86 bits per heavy atom. The molecule has 2 unspecified atom stereocenters. The van der Waals surface area contributed by atoms with Crippen molar-refractivity contribution in [3.63, 3.8) is 0 Å². The van der Waals surface area contributed by atoms with Crippen LogP contribution >= 0.6 is 43.5 Å². The van der Waals surface area contributed by atoms with Gasteiger partial charge in [0.1, 0.15) is 11.4 Å². The number of benzene rings is 2. The predicted octanol–water partition coefficient (Wildman–Crippen LogP) is 5.56. The van der Waals surface area contributed by atoms with Crippen molar-refractivity contribution in [2.75, 3.05) is 0 Å². The van der Waals surface area contributed by atoms with E-state index in [1.807, 2.05) is 43.3 Å². The Kier molecular flexibility index (Phi) is 4.08. The standard InChI is InChI=1S/C16H14Br2ClNO/c1-16(12-5-3-9(17)6-13(12)19)8-14(20)11-4-2-10(18)7-15(11)21-16/h2-7,14H,8,20H2,1H3.